The van der Waals surface area contributed by atoms with Gasteiger partial charge < -0.3 is 9.88 Å². The van der Waals surface area contributed by atoms with Crippen LogP contribution >= 0.6 is 27.5 Å². The predicted octanol–water partition coefficient (Wildman–Crippen LogP) is 3.45. The molecule has 16 heavy (non-hydrogen) atoms. The van der Waals surface area contributed by atoms with Crippen molar-refractivity contribution in [3.8, 4) is 0 Å². The van der Waals surface area contributed by atoms with Crippen molar-refractivity contribution in [1.29, 1.82) is 0 Å². The molecule has 84 valence electrons. The van der Waals surface area contributed by atoms with Gasteiger partial charge in [0, 0.05) is 18.9 Å². The number of halogens is 2. The Balaban J connectivity index is 2.05. The molecule has 2 rings (SSSR count). The maximum atomic E-state index is 5.82. The highest BCUT2D eigenvalue weighted by atomic mass is 79.9. The quantitative estimate of drug-likeness (QED) is 0.880. The lowest BCUT2D eigenvalue weighted by atomic mass is 10.4. The smallest absolute Gasteiger partial charge is 0.143 e. The standard InChI is InChI=1S/C11H11BrClN3/c1-16-4-2-3-9(16)7-14-8-5-10(12)11(13)15-6-8/h2-6,14H,7H2,1H3. The van der Waals surface area contributed by atoms with Crippen molar-refractivity contribution in [1.82, 2.24) is 9.55 Å². The summed E-state index contributed by atoms with van der Waals surface area (Å²) in [5, 5.41) is 3.76. The van der Waals surface area contributed by atoms with E-state index in [0.29, 0.717) is 5.15 Å². The van der Waals surface area contributed by atoms with Crippen molar-refractivity contribution < 1.29 is 0 Å². The SMILES string of the molecule is Cn1cccc1CNc1cnc(Cl)c(Br)c1. The molecule has 2 heterocycles. The number of hydrogen-bond acceptors (Lipinski definition) is 2. The molecule has 3 nitrogen and oxygen atoms in total. The van der Waals surface area contributed by atoms with E-state index in [9.17, 15) is 0 Å². The summed E-state index contributed by atoms with van der Waals surface area (Å²) in [5.41, 5.74) is 2.16. The minimum absolute atomic E-state index is 0.476. The fourth-order valence-corrected chi connectivity index (χ4v) is 1.84. The van der Waals surface area contributed by atoms with Crippen LogP contribution in [0.1, 0.15) is 5.69 Å². The van der Waals surface area contributed by atoms with Crippen LogP contribution in [0.5, 0.6) is 0 Å². The Kier molecular flexibility index (Phi) is 3.51. The Bertz CT molecular complexity index is 496. The van der Waals surface area contributed by atoms with Gasteiger partial charge in [0.05, 0.1) is 22.9 Å². The van der Waals surface area contributed by atoms with E-state index in [4.69, 9.17) is 11.6 Å². The number of aromatic nitrogens is 2. The lowest BCUT2D eigenvalue weighted by molar-refractivity contribution is 0.842. The number of nitrogens with zero attached hydrogens (tertiary/aromatic N) is 2. The minimum Gasteiger partial charge on any atom is -0.378 e. The molecule has 0 atom stereocenters. The Morgan fingerprint density at radius 1 is 1.56 bits per heavy atom. The first-order valence-corrected chi connectivity index (χ1v) is 5.99. The van der Waals surface area contributed by atoms with E-state index < -0.39 is 0 Å². The topological polar surface area (TPSA) is 29.9 Å². The average Bonchev–Trinajstić information content (AvgIpc) is 2.66. The van der Waals surface area contributed by atoms with Gasteiger partial charge in [-0.2, -0.15) is 0 Å². The summed E-state index contributed by atoms with van der Waals surface area (Å²) in [7, 11) is 2.02. The number of rotatable bonds is 3. The molecular formula is C11H11BrClN3. The van der Waals surface area contributed by atoms with E-state index in [0.717, 1.165) is 16.7 Å². The van der Waals surface area contributed by atoms with Crippen LogP contribution in [0.15, 0.2) is 35.1 Å². The molecule has 1 N–H and O–H groups in total. The zero-order chi connectivity index (χ0) is 11.5. The molecule has 0 amide bonds. The highest BCUT2D eigenvalue weighted by Crippen LogP contribution is 2.23. The van der Waals surface area contributed by atoms with E-state index in [1.807, 2.05) is 25.4 Å². The van der Waals surface area contributed by atoms with Gasteiger partial charge in [-0.15, -0.1) is 0 Å². The Hall–Kier alpha value is -1.00. The number of nitrogens with one attached hydrogen (secondary N) is 1. The van der Waals surface area contributed by atoms with E-state index in [1.165, 1.54) is 5.69 Å². The van der Waals surface area contributed by atoms with Gasteiger partial charge in [0.1, 0.15) is 5.15 Å². The number of hydrogen-bond donors (Lipinski definition) is 1. The van der Waals surface area contributed by atoms with Gasteiger partial charge in [0.15, 0.2) is 0 Å². The van der Waals surface area contributed by atoms with Gasteiger partial charge in [-0.25, -0.2) is 4.98 Å². The van der Waals surface area contributed by atoms with Crippen molar-refractivity contribution in [3.63, 3.8) is 0 Å². The minimum atomic E-state index is 0.476. The molecule has 0 saturated carbocycles. The lowest BCUT2D eigenvalue weighted by Gasteiger charge is -2.07. The highest BCUT2D eigenvalue weighted by Gasteiger charge is 2.01. The van der Waals surface area contributed by atoms with Crippen molar-refractivity contribution in [2.75, 3.05) is 5.32 Å². The van der Waals surface area contributed by atoms with Gasteiger partial charge in [-0.1, -0.05) is 11.6 Å². The molecule has 0 bridgehead atoms. The molecule has 0 saturated heterocycles. The summed E-state index contributed by atoms with van der Waals surface area (Å²) in [6.07, 6.45) is 3.74. The van der Waals surface area contributed by atoms with Gasteiger partial charge in [-0.05, 0) is 34.1 Å². The molecule has 0 aliphatic carbocycles. The summed E-state index contributed by atoms with van der Waals surface area (Å²) < 4.78 is 2.87. The molecule has 2 aromatic rings. The molecule has 0 spiro atoms. The van der Waals surface area contributed by atoms with Crippen LogP contribution in [-0.4, -0.2) is 9.55 Å². The van der Waals surface area contributed by atoms with Crippen LogP contribution in [0, 0.1) is 0 Å². The van der Waals surface area contributed by atoms with Gasteiger partial charge in [-0.3, -0.25) is 0 Å². The largest absolute Gasteiger partial charge is 0.378 e. The van der Waals surface area contributed by atoms with E-state index in [1.54, 1.807) is 6.20 Å². The van der Waals surface area contributed by atoms with E-state index >= 15 is 0 Å². The predicted molar refractivity (Wildman–Crippen MR) is 69.7 cm³/mol. The zero-order valence-corrected chi connectivity index (χ0v) is 11.1. The van der Waals surface area contributed by atoms with Crippen LogP contribution in [0.2, 0.25) is 5.15 Å². The second kappa shape index (κ2) is 4.89. The fourth-order valence-electron chi connectivity index (χ4n) is 1.39. The zero-order valence-electron chi connectivity index (χ0n) is 8.74. The Morgan fingerprint density at radius 3 is 3.00 bits per heavy atom. The third-order valence-electron chi connectivity index (χ3n) is 2.32. The summed E-state index contributed by atoms with van der Waals surface area (Å²) in [6, 6.07) is 6.01. The fraction of sp³-hybridized carbons (Fsp3) is 0.182. The number of anilines is 1. The van der Waals surface area contributed by atoms with Gasteiger partial charge >= 0.3 is 0 Å². The molecular weight excluding hydrogens is 289 g/mol. The van der Waals surface area contributed by atoms with Crippen molar-refractivity contribution >= 4 is 33.2 Å². The van der Waals surface area contributed by atoms with Crippen molar-refractivity contribution in [3.05, 3.63) is 45.9 Å². The molecule has 0 unspecified atom stereocenters. The third kappa shape index (κ3) is 2.57. The van der Waals surface area contributed by atoms with Gasteiger partial charge in [0.25, 0.3) is 0 Å². The van der Waals surface area contributed by atoms with Crippen molar-refractivity contribution in [2.45, 2.75) is 6.54 Å². The second-order valence-electron chi connectivity index (χ2n) is 3.46. The summed E-state index contributed by atoms with van der Waals surface area (Å²) in [6.45, 7) is 0.763. The first-order chi connectivity index (χ1) is 7.66. The Labute approximate surface area is 108 Å². The first kappa shape index (κ1) is 11.5. The lowest BCUT2D eigenvalue weighted by Crippen LogP contribution is -2.04. The maximum absolute atomic E-state index is 5.82. The van der Waals surface area contributed by atoms with Crippen LogP contribution in [0.3, 0.4) is 0 Å². The molecule has 5 heteroatoms. The van der Waals surface area contributed by atoms with E-state index in [2.05, 4.69) is 36.9 Å². The molecule has 2 aromatic heterocycles. The monoisotopic (exact) mass is 299 g/mol. The molecule has 0 fully saturated rings. The molecule has 0 aliphatic heterocycles. The van der Waals surface area contributed by atoms with Crippen molar-refractivity contribution in [2.24, 2.45) is 7.05 Å². The van der Waals surface area contributed by atoms with Crippen LogP contribution in [0.4, 0.5) is 5.69 Å². The third-order valence-corrected chi connectivity index (χ3v) is 3.46. The first-order valence-electron chi connectivity index (χ1n) is 4.82. The highest BCUT2D eigenvalue weighted by molar-refractivity contribution is 9.10. The van der Waals surface area contributed by atoms with Gasteiger partial charge in [0.2, 0.25) is 0 Å². The second-order valence-corrected chi connectivity index (χ2v) is 4.67. The Morgan fingerprint density at radius 2 is 2.38 bits per heavy atom. The average molecular weight is 301 g/mol. The summed E-state index contributed by atoms with van der Waals surface area (Å²) in [5.74, 6) is 0. The summed E-state index contributed by atoms with van der Waals surface area (Å²) >= 11 is 9.16. The number of pyridine rings is 1. The van der Waals surface area contributed by atoms with Crippen LogP contribution in [-0.2, 0) is 13.6 Å². The molecule has 0 aromatic carbocycles. The van der Waals surface area contributed by atoms with Crippen LogP contribution in [0.25, 0.3) is 0 Å². The summed E-state index contributed by atoms with van der Waals surface area (Å²) in [4.78, 5) is 4.05. The van der Waals surface area contributed by atoms with Crippen LogP contribution < -0.4 is 5.32 Å². The van der Waals surface area contributed by atoms with E-state index in [-0.39, 0.29) is 0 Å². The number of aryl methyl sites for hydroxylation is 1. The molecule has 0 aliphatic rings. The maximum Gasteiger partial charge on any atom is 0.143 e. The normalized spacial score (nSPS) is 10.4. The molecule has 0 radical (unpaired) electrons.